The lowest BCUT2D eigenvalue weighted by Gasteiger charge is -2.28. The van der Waals surface area contributed by atoms with Gasteiger partial charge in [0, 0.05) is 26.3 Å². The van der Waals surface area contributed by atoms with Crippen LogP contribution >= 0.6 is 0 Å². The number of hydrogen-bond acceptors (Lipinski definition) is 7. The first-order chi connectivity index (χ1) is 18.5. The largest absolute Gasteiger partial charge is 0.496 e. The van der Waals surface area contributed by atoms with Crippen LogP contribution in [0, 0.1) is 6.92 Å². The molecule has 0 unspecified atom stereocenters. The Balaban J connectivity index is 1.56. The number of amides is 2. The smallest absolute Gasteiger partial charge is 0.258 e. The number of hydrogen-bond donors (Lipinski definition) is 0. The molecule has 4 rings (SSSR count). The molecule has 1 aliphatic rings. The SMILES string of the molecule is CCOCCCN(CC(=O)N(Cc1ccc2c(c1)OCO2)Cc1ccc(C)o1)C(=O)c1ccccc1OC. The van der Waals surface area contributed by atoms with Crippen molar-refractivity contribution in [1.82, 2.24) is 9.80 Å². The van der Waals surface area contributed by atoms with Gasteiger partial charge in [-0.05, 0) is 62.2 Å². The molecule has 1 aromatic heterocycles. The van der Waals surface area contributed by atoms with E-state index in [9.17, 15) is 9.59 Å². The molecule has 0 bridgehead atoms. The Hall–Kier alpha value is -3.98. The second kappa shape index (κ2) is 13.0. The number of carbonyl (C=O) groups excluding carboxylic acids is 2. The number of para-hydroxylation sites is 1. The zero-order valence-electron chi connectivity index (χ0n) is 22.1. The van der Waals surface area contributed by atoms with Crippen molar-refractivity contribution in [2.45, 2.75) is 33.4 Å². The zero-order valence-corrected chi connectivity index (χ0v) is 22.1. The van der Waals surface area contributed by atoms with Crippen LogP contribution in [0.5, 0.6) is 17.2 Å². The van der Waals surface area contributed by atoms with Gasteiger partial charge in [-0.25, -0.2) is 0 Å². The number of methoxy groups -OCH3 is 1. The first-order valence-corrected chi connectivity index (χ1v) is 12.7. The Labute approximate surface area is 222 Å². The average molecular weight is 523 g/mol. The number of fused-ring (bicyclic) bond motifs is 1. The van der Waals surface area contributed by atoms with Crippen molar-refractivity contribution in [2.75, 3.05) is 40.2 Å². The number of benzene rings is 2. The van der Waals surface area contributed by atoms with Crippen molar-refractivity contribution < 1.29 is 33.0 Å². The van der Waals surface area contributed by atoms with Crippen LogP contribution in [-0.4, -0.2) is 61.8 Å². The van der Waals surface area contributed by atoms with Gasteiger partial charge >= 0.3 is 0 Å². The molecular formula is C29H34N2O7. The third-order valence-electron chi connectivity index (χ3n) is 6.18. The van der Waals surface area contributed by atoms with Gasteiger partial charge in [0.1, 0.15) is 23.8 Å². The molecule has 3 aromatic rings. The summed E-state index contributed by atoms with van der Waals surface area (Å²) in [6.45, 7) is 5.87. The van der Waals surface area contributed by atoms with Crippen molar-refractivity contribution >= 4 is 11.8 Å². The van der Waals surface area contributed by atoms with Crippen LogP contribution < -0.4 is 14.2 Å². The van der Waals surface area contributed by atoms with E-state index >= 15 is 0 Å². The Morgan fingerprint density at radius 1 is 0.974 bits per heavy atom. The molecule has 1 aliphatic heterocycles. The van der Waals surface area contributed by atoms with E-state index in [1.54, 1.807) is 34.1 Å². The highest BCUT2D eigenvalue weighted by molar-refractivity contribution is 5.98. The number of aryl methyl sites for hydroxylation is 1. The Kier molecular flexibility index (Phi) is 9.26. The highest BCUT2D eigenvalue weighted by Crippen LogP contribution is 2.33. The minimum Gasteiger partial charge on any atom is -0.496 e. The fourth-order valence-corrected chi connectivity index (χ4v) is 4.26. The van der Waals surface area contributed by atoms with Crippen molar-refractivity contribution in [2.24, 2.45) is 0 Å². The van der Waals surface area contributed by atoms with E-state index in [0.717, 1.165) is 11.3 Å². The summed E-state index contributed by atoms with van der Waals surface area (Å²) in [7, 11) is 1.52. The number of rotatable bonds is 13. The topological polar surface area (TPSA) is 90.7 Å². The molecule has 0 fully saturated rings. The van der Waals surface area contributed by atoms with E-state index in [4.69, 9.17) is 23.4 Å². The van der Waals surface area contributed by atoms with E-state index in [-0.39, 0.29) is 31.7 Å². The number of carbonyl (C=O) groups is 2. The summed E-state index contributed by atoms with van der Waals surface area (Å²) in [6.07, 6.45) is 0.599. The van der Waals surface area contributed by atoms with Gasteiger partial charge in [0.05, 0.1) is 19.2 Å². The number of furan rings is 1. The van der Waals surface area contributed by atoms with E-state index < -0.39 is 0 Å². The predicted molar refractivity (Wildman–Crippen MR) is 140 cm³/mol. The van der Waals surface area contributed by atoms with Gasteiger partial charge in [-0.3, -0.25) is 9.59 Å². The molecule has 0 N–H and O–H groups in total. The van der Waals surface area contributed by atoms with Crippen LogP contribution in [0.25, 0.3) is 0 Å². The minimum atomic E-state index is -0.274. The summed E-state index contributed by atoms with van der Waals surface area (Å²) in [5, 5.41) is 0. The third-order valence-corrected chi connectivity index (χ3v) is 6.18. The normalized spacial score (nSPS) is 11.9. The second-order valence-corrected chi connectivity index (χ2v) is 8.93. The maximum Gasteiger partial charge on any atom is 0.258 e. The van der Waals surface area contributed by atoms with Gasteiger partial charge in [0.15, 0.2) is 11.5 Å². The van der Waals surface area contributed by atoms with Gasteiger partial charge in [0.25, 0.3) is 5.91 Å². The van der Waals surface area contributed by atoms with Gasteiger partial charge in [-0.15, -0.1) is 0 Å². The van der Waals surface area contributed by atoms with Crippen LogP contribution in [0.3, 0.4) is 0 Å². The van der Waals surface area contributed by atoms with Gasteiger partial charge in [0.2, 0.25) is 12.7 Å². The molecule has 9 nitrogen and oxygen atoms in total. The van der Waals surface area contributed by atoms with Crippen LogP contribution in [0.4, 0.5) is 0 Å². The molecule has 0 aliphatic carbocycles. The summed E-state index contributed by atoms with van der Waals surface area (Å²) >= 11 is 0. The number of nitrogens with zero attached hydrogens (tertiary/aromatic N) is 2. The molecule has 0 saturated carbocycles. The van der Waals surface area contributed by atoms with E-state index in [1.165, 1.54) is 7.11 Å². The Bertz CT molecular complexity index is 1240. The monoisotopic (exact) mass is 522 g/mol. The second-order valence-electron chi connectivity index (χ2n) is 8.93. The quantitative estimate of drug-likeness (QED) is 0.307. The van der Waals surface area contributed by atoms with E-state index in [1.807, 2.05) is 44.2 Å². The lowest BCUT2D eigenvalue weighted by molar-refractivity contribution is -0.133. The van der Waals surface area contributed by atoms with E-state index in [2.05, 4.69) is 0 Å². The van der Waals surface area contributed by atoms with Crippen LogP contribution in [0.1, 0.15) is 40.8 Å². The predicted octanol–water partition coefficient (Wildman–Crippen LogP) is 4.42. The maximum absolute atomic E-state index is 13.8. The van der Waals surface area contributed by atoms with Crippen molar-refractivity contribution in [3.05, 3.63) is 77.2 Å². The van der Waals surface area contributed by atoms with Crippen LogP contribution in [0.15, 0.2) is 59.0 Å². The third kappa shape index (κ3) is 6.86. The maximum atomic E-state index is 13.8. The first kappa shape index (κ1) is 27.1. The lowest BCUT2D eigenvalue weighted by Crippen LogP contribution is -2.43. The Morgan fingerprint density at radius 3 is 2.55 bits per heavy atom. The molecule has 0 radical (unpaired) electrons. The average Bonchev–Trinajstić information content (AvgIpc) is 3.57. The summed E-state index contributed by atoms with van der Waals surface area (Å²) in [4.78, 5) is 30.6. The summed E-state index contributed by atoms with van der Waals surface area (Å²) in [6, 6.07) is 16.4. The molecule has 0 saturated heterocycles. The number of ether oxygens (including phenoxy) is 4. The molecule has 2 amide bonds. The molecule has 0 spiro atoms. The van der Waals surface area contributed by atoms with Crippen molar-refractivity contribution in [3.63, 3.8) is 0 Å². The van der Waals surface area contributed by atoms with Gasteiger partial charge in [-0.2, -0.15) is 0 Å². The van der Waals surface area contributed by atoms with E-state index in [0.29, 0.717) is 61.3 Å². The van der Waals surface area contributed by atoms with Crippen molar-refractivity contribution in [3.8, 4) is 17.2 Å². The molecule has 2 aromatic carbocycles. The molecule has 202 valence electrons. The highest BCUT2D eigenvalue weighted by Gasteiger charge is 2.25. The fourth-order valence-electron chi connectivity index (χ4n) is 4.26. The Morgan fingerprint density at radius 2 is 1.79 bits per heavy atom. The highest BCUT2D eigenvalue weighted by atomic mass is 16.7. The minimum absolute atomic E-state index is 0.104. The summed E-state index contributed by atoms with van der Waals surface area (Å²) < 4.78 is 27.6. The van der Waals surface area contributed by atoms with Crippen molar-refractivity contribution in [1.29, 1.82) is 0 Å². The van der Waals surface area contributed by atoms with Gasteiger partial charge < -0.3 is 33.2 Å². The first-order valence-electron chi connectivity index (χ1n) is 12.7. The fraction of sp³-hybridized carbons (Fsp3) is 0.379. The lowest BCUT2D eigenvalue weighted by atomic mass is 10.1. The zero-order chi connectivity index (χ0) is 26.9. The molecule has 2 heterocycles. The van der Waals surface area contributed by atoms with Gasteiger partial charge in [-0.1, -0.05) is 18.2 Å². The molecule has 0 atom stereocenters. The summed E-state index contributed by atoms with van der Waals surface area (Å²) in [5.41, 5.74) is 1.29. The van der Waals surface area contributed by atoms with Crippen LogP contribution in [-0.2, 0) is 22.6 Å². The summed E-state index contributed by atoms with van der Waals surface area (Å²) in [5.74, 6) is 2.72. The molecule has 9 heteroatoms. The van der Waals surface area contributed by atoms with Crippen LogP contribution in [0.2, 0.25) is 0 Å². The molecular weight excluding hydrogens is 488 g/mol. The molecule has 38 heavy (non-hydrogen) atoms. The standard InChI is InChI=1S/C29H34N2O7/c1-4-35-15-7-14-30(29(33)24-8-5-6-9-25(24)34-3)19-28(32)31(18-23-12-10-21(2)38-23)17-22-11-13-26-27(16-22)37-20-36-26/h5-6,8-13,16H,4,7,14-15,17-20H2,1-3H3.